The van der Waals surface area contributed by atoms with Gasteiger partial charge in [0.05, 0.1) is 13.1 Å². The molecule has 0 spiro atoms. The van der Waals surface area contributed by atoms with Gasteiger partial charge in [0.15, 0.2) is 0 Å². The molecule has 7 heteroatoms. The molecule has 82 valence electrons. The molecule has 1 aromatic rings. The summed E-state index contributed by atoms with van der Waals surface area (Å²) in [5.74, 6) is -1.43. The van der Waals surface area contributed by atoms with E-state index in [1.54, 1.807) is 0 Å². The zero-order valence-corrected chi connectivity index (χ0v) is 7.88. The van der Waals surface area contributed by atoms with Crippen molar-refractivity contribution >= 4 is 11.9 Å². The fourth-order valence-electron chi connectivity index (χ4n) is 1.08. The average molecular weight is 213 g/mol. The van der Waals surface area contributed by atoms with Gasteiger partial charge in [-0.1, -0.05) is 0 Å². The van der Waals surface area contributed by atoms with E-state index in [0.29, 0.717) is 5.82 Å². The number of carboxylic acid groups (broad SMARTS) is 2. The van der Waals surface area contributed by atoms with Crippen LogP contribution in [0.4, 0.5) is 0 Å². The first kappa shape index (κ1) is 11.2. The minimum Gasteiger partial charge on any atom is -0.480 e. The molecule has 0 atom stereocenters. The Bertz CT molecular complexity index is 361. The van der Waals surface area contributed by atoms with Crippen LogP contribution in [0, 0.1) is 0 Å². The molecule has 0 saturated carbocycles. The molecule has 0 amide bonds. The van der Waals surface area contributed by atoms with E-state index in [4.69, 9.17) is 10.2 Å². The molecule has 0 aliphatic heterocycles. The average Bonchev–Trinajstić information content (AvgIpc) is 2.51. The van der Waals surface area contributed by atoms with Crippen LogP contribution in [0.15, 0.2) is 12.4 Å². The molecule has 0 aliphatic carbocycles. The zero-order chi connectivity index (χ0) is 11.3. The van der Waals surface area contributed by atoms with Gasteiger partial charge in [0.25, 0.3) is 0 Å². The smallest absolute Gasteiger partial charge is 0.323 e. The van der Waals surface area contributed by atoms with Gasteiger partial charge in [-0.2, -0.15) is 0 Å². The molecular formula is C8H11N3O4. The number of hydrogen-bond acceptors (Lipinski definition) is 4. The summed E-state index contributed by atoms with van der Waals surface area (Å²) in [5.41, 5.74) is 0. The fourth-order valence-corrected chi connectivity index (χ4v) is 1.08. The Kier molecular flexibility index (Phi) is 3.81. The highest BCUT2D eigenvalue weighted by Crippen LogP contribution is 1.96. The molecule has 0 aromatic carbocycles. The molecule has 1 aromatic heterocycles. The van der Waals surface area contributed by atoms with E-state index >= 15 is 0 Å². The second-order valence-electron chi connectivity index (χ2n) is 2.86. The number of nitrogens with zero attached hydrogens (tertiary/aromatic N) is 2. The van der Waals surface area contributed by atoms with Gasteiger partial charge in [-0.3, -0.25) is 14.9 Å². The molecule has 0 aliphatic rings. The van der Waals surface area contributed by atoms with Gasteiger partial charge in [-0.05, 0) is 0 Å². The molecular weight excluding hydrogens is 202 g/mol. The first-order chi connectivity index (χ1) is 7.09. The summed E-state index contributed by atoms with van der Waals surface area (Å²) in [6, 6.07) is 0. The predicted molar refractivity (Wildman–Crippen MR) is 49.2 cm³/mol. The first-order valence-electron chi connectivity index (χ1n) is 4.24. The van der Waals surface area contributed by atoms with Gasteiger partial charge in [0, 0.05) is 12.4 Å². The molecule has 1 heterocycles. The number of imidazole rings is 1. The van der Waals surface area contributed by atoms with Crippen LogP contribution < -0.4 is 5.32 Å². The third kappa shape index (κ3) is 3.77. The highest BCUT2D eigenvalue weighted by atomic mass is 16.4. The van der Waals surface area contributed by atoms with Crippen molar-refractivity contribution in [2.45, 2.75) is 13.1 Å². The van der Waals surface area contributed by atoms with Crippen molar-refractivity contribution < 1.29 is 19.8 Å². The molecule has 0 fully saturated rings. The number of carboxylic acids is 2. The number of rotatable bonds is 6. The standard InChI is InChI=1S/C8H11N3O4/c12-7(13)4-9-3-6-10-1-2-11(6)5-8(14)15/h1-2,9H,3-5H2,(H,12,13)(H,14,15). The van der Waals surface area contributed by atoms with Crippen LogP contribution in [-0.2, 0) is 22.7 Å². The largest absolute Gasteiger partial charge is 0.480 e. The first-order valence-corrected chi connectivity index (χ1v) is 4.24. The third-order valence-electron chi connectivity index (χ3n) is 1.67. The maximum absolute atomic E-state index is 10.4. The van der Waals surface area contributed by atoms with E-state index in [9.17, 15) is 9.59 Å². The topological polar surface area (TPSA) is 104 Å². The van der Waals surface area contributed by atoms with Crippen molar-refractivity contribution in [2.24, 2.45) is 0 Å². The lowest BCUT2D eigenvalue weighted by Gasteiger charge is -2.04. The monoisotopic (exact) mass is 213 g/mol. The van der Waals surface area contributed by atoms with Crippen molar-refractivity contribution in [1.29, 1.82) is 0 Å². The van der Waals surface area contributed by atoms with E-state index in [1.165, 1.54) is 17.0 Å². The minimum absolute atomic E-state index is 0.177. The number of nitrogens with one attached hydrogen (secondary N) is 1. The predicted octanol–water partition coefficient (Wildman–Crippen LogP) is -0.858. The summed E-state index contributed by atoms with van der Waals surface area (Å²) >= 11 is 0. The van der Waals surface area contributed by atoms with E-state index in [-0.39, 0.29) is 19.6 Å². The number of carbonyl (C=O) groups is 2. The maximum atomic E-state index is 10.4. The van der Waals surface area contributed by atoms with Crippen LogP contribution in [0.1, 0.15) is 5.82 Å². The normalized spacial score (nSPS) is 10.1. The summed E-state index contributed by atoms with van der Waals surface area (Å²) in [6.07, 6.45) is 3.01. The molecule has 0 bridgehead atoms. The zero-order valence-electron chi connectivity index (χ0n) is 7.88. The number of hydrogen-bond donors (Lipinski definition) is 3. The van der Waals surface area contributed by atoms with Crippen LogP contribution in [0.5, 0.6) is 0 Å². The van der Waals surface area contributed by atoms with Crippen molar-refractivity contribution in [2.75, 3.05) is 6.54 Å². The maximum Gasteiger partial charge on any atom is 0.323 e. The second kappa shape index (κ2) is 5.11. The number of aliphatic carboxylic acids is 2. The van der Waals surface area contributed by atoms with Gasteiger partial charge in [-0.25, -0.2) is 4.98 Å². The van der Waals surface area contributed by atoms with E-state index in [2.05, 4.69) is 10.3 Å². The summed E-state index contributed by atoms with van der Waals surface area (Å²) in [5, 5.41) is 19.6. The van der Waals surface area contributed by atoms with Crippen molar-refractivity contribution in [3.63, 3.8) is 0 Å². The van der Waals surface area contributed by atoms with E-state index in [1.807, 2.05) is 0 Å². The Morgan fingerprint density at radius 1 is 1.40 bits per heavy atom. The lowest BCUT2D eigenvalue weighted by molar-refractivity contribution is -0.138. The van der Waals surface area contributed by atoms with Crippen molar-refractivity contribution in [3.05, 3.63) is 18.2 Å². The van der Waals surface area contributed by atoms with E-state index in [0.717, 1.165) is 0 Å². The molecule has 3 N–H and O–H groups in total. The van der Waals surface area contributed by atoms with Gasteiger partial charge >= 0.3 is 11.9 Å². The third-order valence-corrected chi connectivity index (χ3v) is 1.67. The quantitative estimate of drug-likeness (QED) is 0.568. The Morgan fingerprint density at radius 3 is 2.73 bits per heavy atom. The lowest BCUT2D eigenvalue weighted by atomic mass is 10.5. The molecule has 1 rings (SSSR count). The molecule has 15 heavy (non-hydrogen) atoms. The Morgan fingerprint density at radius 2 is 2.13 bits per heavy atom. The Balaban J connectivity index is 2.49. The van der Waals surface area contributed by atoms with Crippen LogP contribution in [0.25, 0.3) is 0 Å². The van der Waals surface area contributed by atoms with Crippen LogP contribution in [0.3, 0.4) is 0 Å². The van der Waals surface area contributed by atoms with E-state index < -0.39 is 11.9 Å². The molecule has 0 saturated heterocycles. The van der Waals surface area contributed by atoms with Gasteiger partial charge in [0.2, 0.25) is 0 Å². The summed E-state index contributed by atoms with van der Waals surface area (Å²) in [6.45, 7) is -0.128. The van der Waals surface area contributed by atoms with Crippen LogP contribution in [0.2, 0.25) is 0 Å². The molecule has 0 unspecified atom stereocenters. The van der Waals surface area contributed by atoms with Gasteiger partial charge < -0.3 is 14.8 Å². The highest BCUT2D eigenvalue weighted by molar-refractivity contribution is 5.69. The summed E-state index contributed by atoms with van der Waals surface area (Å²) in [4.78, 5) is 24.6. The minimum atomic E-state index is -0.966. The highest BCUT2D eigenvalue weighted by Gasteiger charge is 2.06. The van der Waals surface area contributed by atoms with Crippen molar-refractivity contribution in [3.8, 4) is 0 Å². The van der Waals surface area contributed by atoms with Crippen LogP contribution in [-0.4, -0.2) is 38.2 Å². The molecule has 0 radical (unpaired) electrons. The second-order valence-corrected chi connectivity index (χ2v) is 2.86. The summed E-state index contributed by atoms with van der Waals surface area (Å²) in [7, 11) is 0. The SMILES string of the molecule is O=C(O)CNCc1nccn1CC(=O)O. The molecule has 7 nitrogen and oxygen atoms in total. The van der Waals surface area contributed by atoms with Crippen molar-refractivity contribution in [1.82, 2.24) is 14.9 Å². The summed E-state index contributed by atoms with van der Waals surface area (Å²) < 4.78 is 1.44. The Hall–Kier alpha value is -1.89. The lowest BCUT2D eigenvalue weighted by Crippen LogP contribution is -2.24. The van der Waals surface area contributed by atoms with Gasteiger partial charge in [0.1, 0.15) is 12.4 Å². The fraction of sp³-hybridized carbons (Fsp3) is 0.375. The number of aromatic nitrogens is 2. The Labute approximate surface area is 85.4 Å². The van der Waals surface area contributed by atoms with Gasteiger partial charge in [-0.15, -0.1) is 0 Å². The van der Waals surface area contributed by atoms with Crippen LogP contribution >= 0.6 is 0 Å².